The minimum absolute atomic E-state index is 0.360. The van der Waals surface area contributed by atoms with Crippen molar-refractivity contribution in [3.8, 4) is 5.75 Å². The third kappa shape index (κ3) is 3.94. The summed E-state index contributed by atoms with van der Waals surface area (Å²) in [4.78, 5) is 0. The zero-order chi connectivity index (χ0) is 11.3. The summed E-state index contributed by atoms with van der Waals surface area (Å²) in [5, 5.41) is 9.25. The molecule has 0 fully saturated rings. The molecule has 1 rings (SSSR count). The zero-order valence-corrected chi connectivity index (χ0v) is 10.0. The molecule has 1 aromatic carbocycles. The minimum Gasteiger partial charge on any atom is -0.508 e. The fourth-order valence-electron chi connectivity index (χ4n) is 2.08. The van der Waals surface area contributed by atoms with Gasteiger partial charge in [-0.25, -0.2) is 0 Å². The first kappa shape index (κ1) is 12.1. The number of hydrogen-bond donors (Lipinski definition) is 1. The van der Waals surface area contributed by atoms with E-state index in [2.05, 4.69) is 32.9 Å². The Morgan fingerprint density at radius 2 is 1.73 bits per heavy atom. The molecule has 1 heteroatoms. The lowest BCUT2D eigenvalue weighted by molar-refractivity contribution is 0.465. The molecule has 0 spiro atoms. The second kappa shape index (κ2) is 5.79. The highest BCUT2D eigenvalue weighted by Crippen LogP contribution is 2.29. The second-order valence-corrected chi connectivity index (χ2v) is 4.71. The van der Waals surface area contributed by atoms with Crippen molar-refractivity contribution in [1.29, 1.82) is 0 Å². The Labute approximate surface area is 93.1 Å². The first-order chi connectivity index (χ1) is 7.13. The highest BCUT2D eigenvalue weighted by atomic mass is 16.3. The first-order valence-corrected chi connectivity index (χ1v) is 5.92. The molecule has 84 valence electrons. The van der Waals surface area contributed by atoms with Crippen molar-refractivity contribution in [3.05, 3.63) is 29.8 Å². The largest absolute Gasteiger partial charge is 0.508 e. The minimum atomic E-state index is 0.360. The van der Waals surface area contributed by atoms with Gasteiger partial charge in [0.15, 0.2) is 0 Å². The molecule has 0 bridgehead atoms. The van der Waals surface area contributed by atoms with E-state index in [-0.39, 0.29) is 0 Å². The molecular weight excluding hydrogens is 184 g/mol. The van der Waals surface area contributed by atoms with Crippen molar-refractivity contribution in [3.63, 3.8) is 0 Å². The Kier molecular flexibility index (Phi) is 4.67. The van der Waals surface area contributed by atoms with E-state index in [4.69, 9.17) is 0 Å². The maximum Gasteiger partial charge on any atom is 0.115 e. The smallest absolute Gasteiger partial charge is 0.115 e. The van der Waals surface area contributed by atoms with Crippen LogP contribution in [0.4, 0.5) is 0 Å². The molecule has 1 nitrogen and oxygen atoms in total. The Bertz CT molecular complexity index is 274. The van der Waals surface area contributed by atoms with Crippen LogP contribution in [0.25, 0.3) is 0 Å². The van der Waals surface area contributed by atoms with Crippen molar-refractivity contribution in [2.75, 3.05) is 0 Å². The standard InChI is InChI=1S/C14H22O/c1-4-5-13(10-11(2)3)12-6-8-14(15)9-7-12/h6-9,11,13,15H,4-5,10H2,1-3H3. The predicted molar refractivity (Wildman–Crippen MR) is 65.2 cm³/mol. The van der Waals surface area contributed by atoms with E-state index in [1.165, 1.54) is 24.8 Å². The van der Waals surface area contributed by atoms with Crippen LogP contribution < -0.4 is 0 Å². The molecule has 1 aromatic rings. The maximum absolute atomic E-state index is 9.25. The number of hydrogen-bond acceptors (Lipinski definition) is 1. The summed E-state index contributed by atoms with van der Waals surface area (Å²) in [5.41, 5.74) is 1.36. The molecule has 0 saturated heterocycles. The summed E-state index contributed by atoms with van der Waals surface area (Å²) in [6.07, 6.45) is 3.69. The van der Waals surface area contributed by atoms with Crippen LogP contribution in [-0.4, -0.2) is 5.11 Å². The molecule has 0 amide bonds. The second-order valence-electron chi connectivity index (χ2n) is 4.71. The molecule has 0 aromatic heterocycles. The van der Waals surface area contributed by atoms with Crippen LogP contribution in [0.5, 0.6) is 5.75 Å². The van der Waals surface area contributed by atoms with E-state index >= 15 is 0 Å². The average Bonchev–Trinajstić information content (AvgIpc) is 2.17. The highest BCUT2D eigenvalue weighted by molar-refractivity contribution is 5.28. The van der Waals surface area contributed by atoms with Crippen LogP contribution in [0.2, 0.25) is 0 Å². The molecule has 0 radical (unpaired) electrons. The molecular formula is C14H22O. The van der Waals surface area contributed by atoms with Crippen LogP contribution in [0.1, 0.15) is 51.5 Å². The van der Waals surface area contributed by atoms with Crippen LogP contribution in [0.15, 0.2) is 24.3 Å². The SMILES string of the molecule is CCCC(CC(C)C)c1ccc(O)cc1. The third-order valence-corrected chi connectivity index (χ3v) is 2.76. The van der Waals surface area contributed by atoms with Gasteiger partial charge >= 0.3 is 0 Å². The highest BCUT2D eigenvalue weighted by Gasteiger charge is 2.12. The Morgan fingerprint density at radius 1 is 1.13 bits per heavy atom. The molecule has 0 aliphatic heterocycles. The van der Waals surface area contributed by atoms with Crippen LogP contribution in [0.3, 0.4) is 0 Å². The fourth-order valence-corrected chi connectivity index (χ4v) is 2.08. The number of rotatable bonds is 5. The summed E-state index contributed by atoms with van der Waals surface area (Å²) in [5.74, 6) is 1.74. The lowest BCUT2D eigenvalue weighted by atomic mass is 9.87. The summed E-state index contributed by atoms with van der Waals surface area (Å²) in [6.45, 7) is 6.76. The molecule has 15 heavy (non-hydrogen) atoms. The van der Waals surface area contributed by atoms with E-state index in [0.717, 1.165) is 5.92 Å². The van der Waals surface area contributed by atoms with Gasteiger partial charge in [-0.3, -0.25) is 0 Å². The average molecular weight is 206 g/mol. The summed E-state index contributed by atoms with van der Waals surface area (Å²) in [6, 6.07) is 7.69. The Balaban J connectivity index is 2.74. The number of phenolic OH excluding ortho intramolecular Hbond substituents is 1. The molecule has 0 saturated carbocycles. The van der Waals surface area contributed by atoms with Gasteiger partial charge in [-0.1, -0.05) is 39.3 Å². The van der Waals surface area contributed by atoms with Crippen molar-refractivity contribution in [1.82, 2.24) is 0 Å². The summed E-state index contributed by atoms with van der Waals surface area (Å²) < 4.78 is 0. The molecule has 1 N–H and O–H groups in total. The van der Waals surface area contributed by atoms with Crippen molar-refractivity contribution >= 4 is 0 Å². The van der Waals surface area contributed by atoms with E-state index in [9.17, 15) is 5.11 Å². The monoisotopic (exact) mass is 206 g/mol. The number of phenols is 1. The number of benzene rings is 1. The van der Waals surface area contributed by atoms with Gasteiger partial charge in [-0.05, 0) is 42.4 Å². The van der Waals surface area contributed by atoms with Crippen molar-refractivity contribution in [2.24, 2.45) is 5.92 Å². The molecule has 1 unspecified atom stereocenters. The van der Waals surface area contributed by atoms with E-state index in [1.807, 2.05) is 0 Å². The van der Waals surface area contributed by atoms with E-state index in [0.29, 0.717) is 11.7 Å². The van der Waals surface area contributed by atoms with E-state index in [1.54, 1.807) is 12.1 Å². The molecule has 1 atom stereocenters. The molecule has 0 aliphatic rings. The van der Waals surface area contributed by atoms with Gasteiger partial charge in [-0.15, -0.1) is 0 Å². The zero-order valence-electron chi connectivity index (χ0n) is 10.0. The van der Waals surface area contributed by atoms with Gasteiger partial charge in [0.1, 0.15) is 5.75 Å². The topological polar surface area (TPSA) is 20.2 Å². The van der Waals surface area contributed by atoms with Gasteiger partial charge in [0.05, 0.1) is 0 Å². The van der Waals surface area contributed by atoms with Crippen molar-refractivity contribution in [2.45, 2.75) is 46.0 Å². The Hall–Kier alpha value is -0.980. The van der Waals surface area contributed by atoms with Gasteiger partial charge in [0, 0.05) is 0 Å². The first-order valence-electron chi connectivity index (χ1n) is 5.92. The van der Waals surface area contributed by atoms with Gasteiger partial charge < -0.3 is 5.11 Å². The van der Waals surface area contributed by atoms with Gasteiger partial charge in [0.2, 0.25) is 0 Å². The van der Waals surface area contributed by atoms with Crippen molar-refractivity contribution < 1.29 is 5.11 Å². The Morgan fingerprint density at radius 3 is 2.20 bits per heavy atom. The van der Waals surface area contributed by atoms with Gasteiger partial charge in [-0.2, -0.15) is 0 Å². The number of aromatic hydroxyl groups is 1. The normalized spacial score (nSPS) is 13.1. The van der Waals surface area contributed by atoms with Gasteiger partial charge in [0.25, 0.3) is 0 Å². The molecule has 0 aliphatic carbocycles. The van der Waals surface area contributed by atoms with Crippen LogP contribution >= 0.6 is 0 Å². The summed E-state index contributed by atoms with van der Waals surface area (Å²) >= 11 is 0. The quantitative estimate of drug-likeness (QED) is 0.760. The third-order valence-electron chi connectivity index (χ3n) is 2.76. The maximum atomic E-state index is 9.25. The summed E-state index contributed by atoms with van der Waals surface area (Å²) in [7, 11) is 0. The molecule has 0 heterocycles. The predicted octanol–water partition coefficient (Wildman–Crippen LogP) is 4.32. The lowest BCUT2D eigenvalue weighted by Gasteiger charge is -2.18. The lowest BCUT2D eigenvalue weighted by Crippen LogP contribution is -2.02. The van der Waals surface area contributed by atoms with Crippen LogP contribution in [0, 0.1) is 5.92 Å². The van der Waals surface area contributed by atoms with E-state index < -0.39 is 0 Å². The fraction of sp³-hybridized carbons (Fsp3) is 0.571. The van der Waals surface area contributed by atoms with Crippen LogP contribution in [-0.2, 0) is 0 Å².